The Morgan fingerprint density at radius 2 is 2.00 bits per heavy atom. The lowest BCUT2D eigenvalue weighted by molar-refractivity contribution is -0.147. The van der Waals surface area contributed by atoms with Gasteiger partial charge in [-0.2, -0.15) is 0 Å². The average molecular weight is 248 g/mol. The first-order valence-electron chi connectivity index (χ1n) is 6.03. The van der Waals surface area contributed by atoms with Crippen molar-refractivity contribution in [1.29, 1.82) is 0 Å². The van der Waals surface area contributed by atoms with Crippen LogP contribution in [0.1, 0.15) is 24.8 Å². The van der Waals surface area contributed by atoms with Gasteiger partial charge in [-0.3, -0.25) is 14.5 Å². The Kier molecular flexibility index (Phi) is 3.92. The topological polar surface area (TPSA) is 59.5 Å². The van der Waals surface area contributed by atoms with E-state index in [2.05, 4.69) is 4.98 Å². The molecular formula is C13H16N2O3. The molecule has 1 saturated heterocycles. The maximum Gasteiger partial charge on any atom is 0.229 e. The number of likely N-dealkylation sites (tertiary alicyclic amines) is 1. The average Bonchev–Trinajstić information content (AvgIpc) is 2.39. The Morgan fingerprint density at radius 1 is 1.28 bits per heavy atom. The molecular weight excluding hydrogens is 232 g/mol. The summed E-state index contributed by atoms with van der Waals surface area (Å²) in [5, 5.41) is 0. The Hall–Kier alpha value is -1.91. The molecule has 0 unspecified atom stereocenters. The van der Waals surface area contributed by atoms with Crippen molar-refractivity contribution >= 4 is 11.8 Å². The van der Waals surface area contributed by atoms with Gasteiger partial charge in [-0.15, -0.1) is 0 Å². The summed E-state index contributed by atoms with van der Waals surface area (Å²) in [4.78, 5) is 28.6. The van der Waals surface area contributed by atoms with Gasteiger partial charge in [0, 0.05) is 31.6 Å². The number of carbonyl (C=O) groups is 2. The van der Waals surface area contributed by atoms with Crippen LogP contribution in [0.4, 0.5) is 0 Å². The Labute approximate surface area is 106 Å². The Bertz CT molecular complexity index is 426. The highest BCUT2D eigenvalue weighted by molar-refractivity contribution is 5.97. The molecule has 0 N–H and O–H groups in total. The monoisotopic (exact) mass is 248 g/mol. The number of rotatable bonds is 4. The zero-order chi connectivity index (χ0) is 13.0. The van der Waals surface area contributed by atoms with Gasteiger partial charge in [0.25, 0.3) is 0 Å². The highest BCUT2D eigenvalue weighted by Crippen LogP contribution is 2.13. The molecule has 5 nitrogen and oxygen atoms in total. The molecule has 1 aromatic heterocycles. The fourth-order valence-corrected chi connectivity index (χ4v) is 1.97. The van der Waals surface area contributed by atoms with Crippen molar-refractivity contribution in [2.24, 2.45) is 0 Å². The Morgan fingerprint density at radius 3 is 2.56 bits per heavy atom. The van der Waals surface area contributed by atoms with Gasteiger partial charge < -0.3 is 4.74 Å². The second kappa shape index (κ2) is 5.62. The van der Waals surface area contributed by atoms with E-state index in [1.54, 1.807) is 19.4 Å². The number of piperidine rings is 1. The van der Waals surface area contributed by atoms with Crippen LogP contribution in [0, 0.1) is 0 Å². The molecule has 96 valence electrons. The molecule has 2 rings (SSSR count). The van der Waals surface area contributed by atoms with E-state index in [-0.39, 0.29) is 11.8 Å². The summed E-state index contributed by atoms with van der Waals surface area (Å²) in [5.74, 6) is 0.435. The van der Waals surface area contributed by atoms with E-state index in [1.165, 1.54) is 4.90 Å². The van der Waals surface area contributed by atoms with E-state index in [4.69, 9.17) is 4.74 Å². The lowest BCUT2D eigenvalue weighted by Gasteiger charge is -2.24. The molecule has 18 heavy (non-hydrogen) atoms. The molecule has 0 aromatic carbocycles. The Balaban J connectivity index is 1.93. The fraction of sp³-hybridized carbons (Fsp3) is 0.462. The highest BCUT2D eigenvalue weighted by Gasteiger charge is 2.25. The van der Waals surface area contributed by atoms with E-state index < -0.39 is 0 Å². The maximum atomic E-state index is 11.6. The smallest absolute Gasteiger partial charge is 0.229 e. The van der Waals surface area contributed by atoms with Crippen molar-refractivity contribution in [2.45, 2.75) is 25.7 Å². The number of amides is 2. The number of nitrogens with zero attached hydrogens (tertiary/aromatic N) is 2. The molecule has 1 aliphatic heterocycles. The maximum absolute atomic E-state index is 11.6. The van der Waals surface area contributed by atoms with Crippen LogP contribution >= 0.6 is 0 Å². The van der Waals surface area contributed by atoms with Crippen molar-refractivity contribution in [1.82, 2.24) is 9.88 Å². The van der Waals surface area contributed by atoms with E-state index >= 15 is 0 Å². The van der Waals surface area contributed by atoms with Crippen molar-refractivity contribution in [2.75, 3.05) is 13.7 Å². The van der Waals surface area contributed by atoms with Gasteiger partial charge in [0.05, 0.1) is 7.11 Å². The first-order chi connectivity index (χ1) is 8.70. The quantitative estimate of drug-likeness (QED) is 0.750. The lowest BCUT2D eigenvalue weighted by atomic mass is 10.1. The second-order valence-electron chi connectivity index (χ2n) is 4.25. The van der Waals surface area contributed by atoms with Crippen LogP contribution in [0.3, 0.4) is 0 Å². The SMILES string of the molecule is COc1ccc(CCN2C(=O)CCCC2=O)cn1. The molecule has 0 spiro atoms. The van der Waals surface area contributed by atoms with E-state index in [0.717, 1.165) is 5.56 Å². The molecule has 0 bridgehead atoms. The number of hydrogen-bond acceptors (Lipinski definition) is 4. The summed E-state index contributed by atoms with van der Waals surface area (Å²) in [6, 6.07) is 3.67. The van der Waals surface area contributed by atoms with Crippen molar-refractivity contribution < 1.29 is 14.3 Å². The third-order valence-corrected chi connectivity index (χ3v) is 3.01. The molecule has 0 saturated carbocycles. The predicted octanol–water partition coefficient (Wildman–Crippen LogP) is 1.17. The van der Waals surface area contributed by atoms with Gasteiger partial charge in [-0.25, -0.2) is 4.98 Å². The molecule has 1 aliphatic rings. The minimum Gasteiger partial charge on any atom is -0.481 e. The van der Waals surface area contributed by atoms with Crippen molar-refractivity contribution in [3.63, 3.8) is 0 Å². The molecule has 2 heterocycles. The standard InChI is InChI=1S/C13H16N2O3/c1-18-11-6-5-10(9-14-11)7-8-15-12(16)3-2-4-13(15)17/h5-6,9H,2-4,7-8H2,1H3. The minimum atomic E-state index is -0.0623. The highest BCUT2D eigenvalue weighted by atomic mass is 16.5. The number of methoxy groups -OCH3 is 1. The van der Waals surface area contributed by atoms with Gasteiger partial charge >= 0.3 is 0 Å². The number of ether oxygens (including phenoxy) is 1. The largest absolute Gasteiger partial charge is 0.481 e. The number of hydrogen-bond donors (Lipinski definition) is 0. The molecule has 1 fully saturated rings. The second-order valence-corrected chi connectivity index (χ2v) is 4.25. The first kappa shape index (κ1) is 12.5. The van der Waals surface area contributed by atoms with Crippen LogP contribution in [0.5, 0.6) is 5.88 Å². The molecule has 1 aromatic rings. The molecule has 2 amide bonds. The van der Waals surface area contributed by atoms with Gasteiger partial charge in [0.2, 0.25) is 17.7 Å². The third kappa shape index (κ3) is 2.85. The summed E-state index contributed by atoms with van der Waals surface area (Å²) in [7, 11) is 1.56. The van der Waals surface area contributed by atoms with E-state index in [0.29, 0.717) is 38.1 Å². The van der Waals surface area contributed by atoms with Gasteiger partial charge in [0.15, 0.2) is 0 Å². The molecule has 0 aliphatic carbocycles. The summed E-state index contributed by atoms with van der Waals surface area (Å²) in [6.45, 7) is 0.436. The van der Waals surface area contributed by atoms with Gasteiger partial charge in [-0.05, 0) is 18.4 Å². The summed E-state index contributed by atoms with van der Waals surface area (Å²) in [5.41, 5.74) is 0.988. The van der Waals surface area contributed by atoms with Crippen LogP contribution in [-0.2, 0) is 16.0 Å². The van der Waals surface area contributed by atoms with Crippen molar-refractivity contribution in [3.05, 3.63) is 23.9 Å². The number of pyridine rings is 1. The fourth-order valence-electron chi connectivity index (χ4n) is 1.97. The number of carbonyl (C=O) groups excluding carboxylic acids is 2. The number of aromatic nitrogens is 1. The van der Waals surface area contributed by atoms with Crippen LogP contribution < -0.4 is 4.74 Å². The summed E-state index contributed by atoms with van der Waals surface area (Å²) in [6.07, 6.45) is 3.98. The van der Waals surface area contributed by atoms with Gasteiger partial charge in [0.1, 0.15) is 0 Å². The van der Waals surface area contributed by atoms with E-state index in [9.17, 15) is 9.59 Å². The zero-order valence-electron chi connectivity index (χ0n) is 10.4. The van der Waals surface area contributed by atoms with Crippen LogP contribution in [0.15, 0.2) is 18.3 Å². The van der Waals surface area contributed by atoms with Crippen molar-refractivity contribution in [3.8, 4) is 5.88 Å². The first-order valence-corrected chi connectivity index (χ1v) is 6.03. The predicted molar refractivity (Wildman–Crippen MR) is 65.1 cm³/mol. The molecule has 0 atom stereocenters. The molecule has 0 radical (unpaired) electrons. The summed E-state index contributed by atoms with van der Waals surface area (Å²) < 4.78 is 4.97. The minimum absolute atomic E-state index is 0.0623. The van der Waals surface area contributed by atoms with E-state index in [1.807, 2.05) is 6.07 Å². The van der Waals surface area contributed by atoms with Crippen LogP contribution in [0.2, 0.25) is 0 Å². The van der Waals surface area contributed by atoms with Crippen LogP contribution in [-0.4, -0.2) is 35.4 Å². The summed E-state index contributed by atoms with van der Waals surface area (Å²) >= 11 is 0. The lowest BCUT2D eigenvalue weighted by Crippen LogP contribution is -2.41. The third-order valence-electron chi connectivity index (χ3n) is 3.01. The molecule has 5 heteroatoms. The van der Waals surface area contributed by atoms with Gasteiger partial charge in [-0.1, -0.05) is 6.07 Å². The number of imide groups is 1. The normalized spacial score (nSPS) is 15.9. The van der Waals surface area contributed by atoms with Crippen LogP contribution in [0.25, 0.3) is 0 Å². The zero-order valence-corrected chi connectivity index (χ0v) is 10.4.